The topological polar surface area (TPSA) is 0 Å². The fourth-order valence-electron chi connectivity index (χ4n) is 5.14. The van der Waals surface area contributed by atoms with Crippen LogP contribution < -0.4 is 0 Å². The van der Waals surface area contributed by atoms with Crippen molar-refractivity contribution in [3.8, 4) is 0 Å². The monoisotopic (exact) mass is 274 g/mol. The molecule has 0 amide bonds. The molecule has 0 aliphatic rings. The Bertz CT molecular complexity index is 208. The van der Waals surface area contributed by atoms with E-state index >= 15 is 0 Å². The SMILES string of the molecule is CCCCC[PH](C(C)(C)C)(C(C)(C)C)C(C)(C)C. The Hall–Kier alpha value is 0.430. The van der Waals surface area contributed by atoms with E-state index in [-0.39, 0.29) is 0 Å². The Morgan fingerprint density at radius 2 is 0.944 bits per heavy atom. The molecule has 0 atom stereocenters. The van der Waals surface area contributed by atoms with Crippen LogP contribution in [0.1, 0.15) is 88.5 Å². The second-order valence-corrected chi connectivity index (χ2v) is 15.9. The van der Waals surface area contributed by atoms with E-state index in [1.807, 2.05) is 0 Å². The van der Waals surface area contributed by atoms with Gasteiger partial charge in [-0.05, 0) is 0 Å². The summed E-state index contributed by atoms with van der Waals surface area (Å²) in [6, 6.07) is 0. The number of unbranched alkanes of at least 4 members (excludes halogenated alkanes) is 2. The van der Waals surface area contributed by atoms with Crippen molar-refractivity contribution in [1.82, 2.24) is 0 Å². The van der Waals surface area contributed by atoms with Gasteiger partial charge >= 0.3 is 117 Å². The van der Waals surface area contributed by atoms with Gasteiger partial charge in [0.1, 0.15) is 0 Å². The van der Waals surface area contributed by atoms with Crippen LogP contribution in [0.2, 0.25) is 0 Å². The Balaban J connectivity index is 5.61. The Labute approximate surface area is 118 Å². The summed E-state index contributed by atoms with van der Waals surface area (Å²) in [4.78, 5) is 0. The van der Waals surface area contributed by atoms with Gasteiger partial charge in [0.2, 0.25) is 0 Å². The van der Waals surface area contributed by atoms with Gasteiger partial charge in [-0.2, -0.15) is 0 Å². The molecule has 0 unspecified atom stereocenters. The molecular weight excluding hydrogens is 235 g/mol. The van der Waals surface area contributed by atoms with Crippen molar-refractivity contribution >= 4 is 7.26 Å². The first-order valence-corrected chi connectivity index (χ1v) is 10.0. The zero-order valence-electron chi connectivity index (χ0n) is 14.8. The fraction of sp³-hybridized carbons (Fsp3) is 1.00. The third-order valence-electron chi connectivity index (χ3n) is 5.00. The zero-order valence-corrected chi connectivity index (χ0v) is 15.8. The van der Waals surface area contributed by atoms with E-state index in [4.69, 9.17) is 0 Å². The van der Waals surface area contributed by atoms with Gasteiger partial charge in [0.25, 0.3) is 0 Å². The second-order valence-electron chi connectivity index (χ2n) is 9.11. The van der Waals surface area contributed by atoms with E-state index in [1.54, 1.807) is 0 Å². The van der Waals surface area contributed by atoms with E-state index < -0.39 is 7.26 Å². The van der Waals surface area contributed by atoms with E-state index in [1.165, 1.54) is 25.4 Å². The first-order chi connectivity index (χ1) is 7.81. The van der Waals surface area contributed by atoms with E-state index in [9.17, 15) is 0 Å². The molecule has 0 bridgehead atoms. The second kappa shape index (κ2) is 5.82. The summed E-state index contributed by atoms with van der Waals surface area (Å²) in [7, 11) is -1.44. The van der Waals surface area contributed by atoms with Gasteiger partial charge in [0.05, 0.1) is 0 Å². The summed E-state index contributed by atoms with van der Waals surface area (Å²) in [5, 5.41) is 1.41. The van der Waals surface area contributed by atoms with Gasteiger partial charge in [0.15, 0.2) is 0 Å². The molecule has 0 fully saturated rings. The Kier molecular flexibility index (Phi) is 5.96. The van der Waals surface area contributed by atoms with Crippen LogP contribution in [-0.4, -0.2) is 21.6 Å². The van der Waals surface area contributed by atoms with Crippen LogP contribution in [0.25, 0.3) is 0 Å². The summed E-state index contributed by atoms with van der Waals surface area (Å²) in [6.45, 7) is 24.8. The third-order valence-corrected chi connectivity index (χ3v) is 13.8. The molecule has 0 aliphatic carbocycles. The number of hydrogen-bond acceptors (Lipinski definition) is 0. The molecular formula is C17H39P. The van der Waals surface area contributed by atoms with Gasteiger partial charge in [-0.1, -0.05) is 0 Å². The van der Waals surface area contributed by atoms with Crippen LogP contribution in [0, 0.1) is 0 Å². The standard InChI is InChI=1S/C17H39P/c1-11-12-13-14-18(15(2,3)4,16(5,6)7)17(8,9)10/h18H,11-14H2,1-10H3. The number of hydrogen-bond donors (Lipinski definition) is 0. The molecule has 0 N–H and O–H groups in total. The molecule has 18 heavy (non-hydrogen) atoms. The molecule has 0 rings (SSSR count). The minimum absolute atomic E-state index is 0.469. The van der Waals surface area contributed by atoms with Gasteiger partial charge < -0.3 is 0 Å². The molecule has 0 aromatic rings. The van der Waals surface area contributed by atoms with Crippen molar-refractivity contribution in [1.29, 1.82) is 0 Å². The molecule has 0 aromatic heterocycles. The van der Waals surface area contributed by atoms with Gasteiger partial charge in [-0.15, -0.1) is 0 Å². The summed E-state index contributed by atoms with van der Waals surface area (Å²) < 4.78 is 0. The predicted octanol–water partition coefficient (Wildman–Crippen LogP) is 6.32. The average molecular weight is 274 g/mol. The molecule has 112 valence electrons. The third kappa shape index (κ3) is 3.50. The van der Waals surface area contributed by atoms with Crippen molar-refractivity contribution in [3.63, 3.8) is 0 Å². The van der Waals surface area contributed by atoms with Crippen LogP contribution in [0.5, 0.6) is 0 Å². The van der Waals surface area contributed by atoms with Crippen molar-refractivity contribution in [3.05, 3.63) is 0 Å². The van der Waals surface area contributed by atoms with Crippen molar-refractivity contribution in [2.45, 2.75) is 104 Å². The predicted molar refractivity (Wildman–Crippen MR) is 92.0 cm³/mol. The Morgan fingerprint density at radius 3 is 1.17 bits per heavy atom. The maximum atomic E-state index is 2.50. The molecule has 0 nitrogen and oxygen atoms in total. The average Bonchev–Trinajstić information content (AvgIpc) is 2.05. The normalized spacial score (nSPS) is 15.9. The van der Waals surface area contributed by atoms with E-state index in [0.717, 1.165) is 0 Å². The summed E-state index contributed by atoms with van der Waals surface area (Å²) in [6.07, 6.45) is 5.64. The molecule has 0 saturated heterocycles. The molecule has 0 aliphatic heterocycles. The maximum absolute atomic E-state index is 2.50. The minimum atomic E-state index is -1.44. The van der Waals surface area contributed by atoms with Crippen LogP contribution >= 0.6 is 7.26 Å². The molecule has 0 spiro atoms. The zero-order chi connectivity index (χ0) is 14.8. The fourth-order valence-corrected chi connectivity index (χ4v) is 14.9. The van der Waals surface area contributed by atoms with E-state index in [2.05, 4.69) is 69.2 Å². The van der Waals surface area contributed by atoms with Crippen molar-refractivity contribution in [2.24, 2.45) is 0 Å². The van der Waals surface area contributed by atoms with Gasteiger partial charge in [-0.3, -0.25) is 0 Å². The molecule has 0 saturated carbocycles. The first-order valence-electron chi connectivity index (χ1n) is 7.81. The first kappa shape index (κ1) is 18.4. The Morgan fingerprint density at radius 1 is 0.611 bits per heavy atom. The molecule has 0 radical (unpaired) electrons. The van der Waals surface area contributed by atoms with Gasteiger partial charge in [0, 0.05) is 0 Å². The van der Waals surface area contributed by atoms with Crippen molar-refractivity contribution < 1.29 is 0 Å². The van der Waals surface area contributed by atoms with Crippen molar-refractivity contribution in [2.75, 3.05) is 6.16 Å². The molecule has 0 heterocycles. The summed E-state index contributed by atoms with van der Waals surface area (Å²) in [5.74, 6) is 0. The van der Waals surface area contributed by atoms with Crippen LogP contribution in [-0.2, 0) is 0 Å². The summed E-state index contributed by atoms with van der Waals surface area (Å²) >= 11 is 0. The quantitative estimate of drug-likeness (QED) is 0.415. The summed E-state index contributed by atoms with van der Waals surface area (Å²) in [5.41, 5.74) is 0. The van der Waals surface area contributed by atoms with Crippen LogP contribution in [0.4, 0.5) is 0 Å². The molecule has 0 aromatic carbocycles. The van der Waals surface area contributed by atoms with Crippen LogP contribution in [0.3, 0.4) is 0 Å². The molecule has 1 heteroatoms. The van der Waals surface area contributed by atoms with Crippen LogP contribution in [0.15, 0.2) is 0 Å². The van der Waals surface area contributed by atoms with E-state index in [0.29, 0.717) is 15.5 Å². The number of rotatable bonds is 4. The van der Waals surface area contributed by atoms with Gasteiger partial charge in [-0.25, -0.2) is 0 Å².